The van der Waals surface area contributed by atoms with Crippen LogP contribution in [0.2, 0.25) is 0 Å². The van der Waals surface area contributed by atoms with Gasteiger partial charge in [0.15, 0.2) is 5.96 Å². The van der Waals surface area contributed by atoms with E-state index in [1.807, 2.05) is 36.3 Å². The van der Waals surface area contributed by atoms with Crippen LogP contribution in [0.4, 0.5) is 5.82 Å². The number of nitrogens with zero attached hydrogens (tertiary/aromatic N) is 6. The molecule has 0 bridgehead atoms. The molecular formula is C19H29N7. The fourth-order valence-corrected chi connectivity index (χ4v) is 3.18. The van der Waals surface area contributed by atoms with Gasteiger partial charge in [0.25, 0.3) is 0 Å². The molecule has 3 rings (SSSR count). The molecule has 1 fully saturated rings. The summed E-state index contributed by atoms with van der Waals surface area (Å²) in [5.74, 6) is 2.09. The predicted molar refractivity (Wildman–Crippen MR) is 106 cm³/mol. The number of pyridine rings is 1. The van der Waals surface area contributed by atoms with E-state index in [-0.39, 0.29) is 0 Å². The number of aryl methyl sites for hydroxylation is 2. The number of piperazine rings is 1. The minimum Gasteiger partial charge on any atom is -0.357 e. The van der Waals surface area contributed by atoms with E-state index in [4.69, 9.17) is 4.99 Å². The van der Waals surface area contributed by atoms with Crippen LogP contribution in [0.3, 0.4) is 0 Å². The standard InChI is InChI=1S/C19H29N7/c1-3-20-19(22-10-6-7-17-15-23-24(2)16-17)26-13-11-25(12-14-26)18-8-4-5-9-21-18/h4-5,8-9,15-16H,3,6-7,10-14H2,1-2H3,(H,20,22). The number of guanidine groups is 1. The number of rotatable bonds is 6. The normalized spacial score (nSPS) is 15.4. The monoisotopic (exact) mass is 355 g/mol. The van der Waals surface area contributed by atoms with Crippen molar-refractivity contribution in [3.8, 4) is 0 Å². The highest BCUT2D eigenvalue weighted by atomic mass is 15.4. The van der Waals surface area contributed by atoms with Gasteiger partial charge in [-0.25, -0.2) is 4.98 Å². The molecule has 7 heteroatoms. The van der Waals surface area contributed by atoms with Crippen molar-refractivity contribution in [2.45, 2.75) is 19.8 Å². The Hall–Kier alpha value is -2.57. The lowest BCUT2D eigenvalue weighted by atomic mass is 10.2. The van der Waals surface area contributed by atoms with E-state index in [9.17, 15) is 0 Å². The van der Waals surface area contributed by atoms with Gasteiger partial charge in [0.05, 0.1) is 6.20 Å². The van der Waals surface area contributed by atoms with Crippen molar-refractivity contribution in [3.05, 3.63) is 42.4 Å². The van der Waals surface area contributed by atoms with Crippen LogP contribution < -0.4 is 10.2 Å². The first kappa shape index (κ1) is 18.2. The highest BCUT2D eigenvalue weighted by Crippen LogP contribution is 2.12. The molecule has 26 heavy (non-hydrogen) atoms. The number of hydrogen-bond donors (Lipinski definition) is 1. The second-order valence-electron chi connectivity index (χ2n) is 6.52. The minimum absolute atomic E-state index is 0.831. The molecule has 2 aromatic rings. The fraction of sp³-hybridized carbons (Fsp3) is 0.526. The van der Waals surface area contributed by atoms with Crippen molar-refractivity contribution in [2.24, 2.45) is 12.0 Å². The Bertz CT molecular complexity index is 687. The highest BCUT2D eigenvalue weighted by molar-refractivity contribution is 5.80. The SMILES string of the molecule is CCNC(=NCCCc1cnn(C)c1)N1CCN(c2ccccn2)CC1. The molecule has 1 N–H and O–H groups in total. The third-order valence-electron chi connectivity index (χ3n) is 4.53. The third-order valence-corrected chi connectivity index (χ3v) is 4.53. The molecule has 2 aromatic heterocycles. The number of nitrogens with one attached hydrogen (secondary N) is 1. The Morgan fingerprint density at radius 3 is 2.73 bits per heavy atom. The van der Waals surface area contributed by atoms with Crippen LogP contribution in [0.5, 0.6) is 0 Å². The Morgan fingerprint density at radius 2 is 2.08 bits per heavy atom. The zero-order valence-electron chi connectivity index (χ0n) is 15.8. The lowest BCUT2D eigenvalue weighted by Crippen LogP contribution is -2.52. The minimum atomic E-state index is 0.831. The van der Waals surface area contributed by atoms with E-state index in [2.05, 4.69) is 44.4 Å². The van der Waals surface area contributed by atoms with Gasteiger partial charge in [-0.1, -0.05) is 6.07 Å². The van der Waals surface area contributed by atoms with Crippen LogP contribution in [0.1, 0.15) is 18.9 Å². The van der Waals surface area contributed by atoms with Crippen molar-refractivity contribution >= 4 is 11.8 Å². The Kier molecular flexibility index (Phi) is 6.46. The van der Waals surface area contributed by atoms with Gasteiger partial charge in [0, 0.05) is 58.7 Å². The summed E-state index contributed by atoms with van der Waals surface area (Å²) >= 11 is 0. The van der Waals surface area contributed by atoms with Gasteiger partial charge in [0.1, 0.15) is 5.82 Å². The summed E-state index contributed by atoms with van der Waals surface area (Å²) in [5, 5.41) is 7.65. The van der Waals surface area contributed by atoms with E-state index in [0.717, 1.165) is 63.9 Å². The topological polar surface area (TPSA) is 61.6 Å². The fourth-order valence-electron chi connectivity index (χ4n) is 3.18. The maximum Gasteiger partial charge on any atom is 0.194 e. The van der Waals surface area contributed by atoms with Crippen molar-refractivity contribution < 1.29 is 0 Å². The Balaban J connectivity index is 1.49. The molecule has 140 valence electrons. The largest absolute Gasteiger partial charge is 0.357 e. The average Bonchev–Trinajstić information content (AvgIpc) is 3.10. The van der Waals surface area contributed by atoms with E-state index in [1.54, 1.807) is 0 Å². The second kappa shape index (κ2) is 9.22. The first-order valence-corrected chi connectivity index (χ1v) is 9.43. The molecule has 1 aliphatic rings. The summed E-state index contributed by atoms with van der Waals surface area (Å²) in [6.07, 6.45) is 7.92. The molecule has 1 aliphatic heterocycles. The molecule has 0 radical (unpaired) electrons. The lowest BCUT2D eigenvalue weighted by Gasteiger charge is -2.37. The summed E-state index contributed by atoms with van der Waals surface area (Å²) < 4.78 is 1.85. The molecule has 0 saturated carbocycles. The summed E-state index contributed by atoms with van der Waals surface area (Å²) in [5.41, 5.74) is 1.27. The van der Waals surface area contributed by atoms with Crippen molar-refractivity contribution in [2.75, 3.05) is 44.2 Å². The molecule has 7 nitrogen and oxygen atoms in total. The van der Waals surface area contributed by atoms with Crippen molar-refractivity contribution in [1.29, 1.82) is 0 Å². The molecule has 0 unspecified atom stereocenters. The lowest BCUT2D eigenvalue weighted by molar-refractivity contribution is 0.371. The third kappa shape index (κ3) is 4.97. The first-order valence-electron chi connectivity index (χ1n) is 9.43. The molecule has 0 atom stereocenters. The van der Waals surface area contributed by atoms with Gasteiger partial charge in [-0.05, 0) is 37.5 Å². The number of anilines is 1. The number of aliphatic imine (C=N–C) groups is 1. The summed E-state index contributed by atoms with van der Waals surface area (Å²) in [6, 6.07) is 6.08. The first-order chi connectivity index (χ1) is 12.8. The second-order valence-corrected chi connectivity index (χ2v) is 6.52. The molecular weight excluding hydrogens is 326 g/mol. The molecule has 3 heterocycles. The summed E-state index contributed by atoms with van der Waals surface area (Å²) in [7, 11) is 1.95. The molecule has 0 amide bonds. The average molecular weight is 355 g/mol. The van der Waals surface area contributed by atoms with Gasteiger partial charge in [-0.15, -0.1) is 0 Å². The van der Waals surface area contributed by atoms with Crippen LogP contribution in [0.25, 0.3) is 0 Å². The summed E-state index contributed by atoms with van der Waals surface area (Å²) in [6.45, 7) is 7.71. The van der Waals surface area contributed by atoms with Crippen LogP contribution >= 0.6 is 0 Å². The Morgan fingerprint density at radius 1 is 1.23 bits per heavy atom. The number of aromatic nitrogens is 3. The highest BCUT2D eigenvalue weighted by Gasteiger charge is 2.20. The van der Waals surface area contributed by atoms with Gasteiger partial charge in [-0.2, -0.15) is 5.10 Å². The Labute approximate surface area is 155 Å². The predicted octanol–water partition coefficient (Wildman–Crippen LogP) is 1.54. The van der Waals surface area contributed by atoms with Crippen molar-refractivity contribution in [3.63, 3.8) is 0 Å². The van der Waals surface area contributed by atoms with E-state index < -0.39 is 0 Å². The molecule has 0 aromatic carbocycles. The molecule has 0 spiro atoms. The zero-order valence-corrected chi connectivity index (χ0v) is 15.8. The van der Waals surface area contributed by atoms with E-state index in [0.29, 0.717) is 0 Å². The van der Waals surface area contributed by atoms with Gasteiger partial charge < -0.3 is 15.1 Å². The maximum absolute atomic E-state index is 4.83. The van der Waals surface area contributed by atoms with Gasteiger partial charge in [-0.3, -0.25) is 9.67 Å². The number of hydrogen-bond acceptors (Lipinski definition) is 4. The van der Waals surface area contributed by atoms with Gasteiger partial charge in [0.2, 0.25) is 0 Å². The smallest absolute Gasteiger partial charge is 0.194 e. The van der Waals surface area contributed by atoms with E-state index in [1.165, 1.54) is 5.56 Å². The van der Waals surface area contributed by atoms with Gasteiger partial charge >= 0.3 is 0 Å². The van der Waals surface area contributed by atoms with Crippen LogP contribution in [-0.2, 0) is 13.5 Å². The van der Waals surface area contributed by atoms with Crippen LogP contribution in [-0.4, -0.2) is 64.9 Å². The van der Waals surface area contributed by atoms with Crippen LogP contribution in [0.15, 0.2) is 41.8 Å². The van der Waals surface area contributed by atoms with Crippen LogP contribution in [0, 0.1) is 0 Å². The van der Waals surface area contributed by atoms with Crippen molar-refractivity contribution in [1.82, 2.24) is 25.0 Å². The van der Waals surface area contributed by atoms with E-state index >= 15 is 0 Å². The maximum atomic E-state index is 4.83. The zero-order chi connectivity index (χ0) is 18.2. The molecule has 0 aliphatic carbocycles. The summed E-state index contributed by atoms with van der Waals surface area (Å²) in [4.78, 5) is 14.0. The quantitative estimate of drug-likeness (QED) is 0.484. The molecule has 1 saturated heterocycles.